The van der Waals surface area contributed by atoms with Crippen molar-refractivity contribution in [3.8, 4) is 11.5 Å². The third kappa shape index (κ3) is 6.26. The van der Waals surface area contributed by atoms with Gasteiger partial charge in [0.25, 0.3) is 5.91 Å². The van der Waals surface area contributed by atoms with Gasteiger partial charge in [-0.15, -0.1) is 0 Å². The van der Waals surface area contributed by atoms with Gasteiger partial charge in [0.05, 0.1) is 11.4 Å². The number of fused-ring (bicyclic) bond motifs is 1. The van der Waals surface area contributed by atoms with Crippen molar-refractivity contribution in [1.82, 2.24) is 4.90 Å². The fraction of sp³-hybridized carbons (Fsp3) is 0.233. The standard InChI is InChI=1S/C30H28N2O4S2/c33-28(32(24-12-6-2-7-13-24)20-22-10-4-1-5-11-22)14-8-3-9-17-31-29(34)27(38-30(31)37)19-23-15-16-25-26(18-23)36-21-35-25/h1-2,4-7,10-13,15-16,18-19H,3,8-9,14,17,20-21H2/b27-19-. The molecule has 0 bridgehead atoms. The number of nitrogens with zero attached hydrogens (tertiary/aromatic N) is 2. The average molecular weight is 545 g/mol. The van der Waals surface area contributed by atoms with Gasteiger partial charge in [0, 0.05) is 18.7 Å². The summed E-state index contributed by atoms with van der Waals surface area (Å²) >= 11 is 6.80. The Kier molecular flexibility index (Phi) is 8.41. The van der Waals surface area contributed by atoms with Gasteiger partial charge in [-0.2, -0.15) is 0 Å². The largest absolute Gasteiger partial charge is 0.454 e. The summed E-state index contributed by atoms with van der Waals surface area (Å²) in [5.41, 5.74) is 2.85. The summed E-state index contributed by atoms with van der Waals surface area (Å²) in [6.45, 7) is 1.30. The summed E-state index contributed by atoms with van der Waals surface area (Å²) in [6, 6.07) is 25.4. The number of carbonyl (C=O) groups excluding carboxylic acids is 2. The van der Waals surface area contributed by atoms with Crippen LogP contribution in [-0.4, -0.2) is 34.4 Å². The van der Waals surface area contributed by atoms with Crippen LogP contribution in [0.5, 0.6) is 11.5 Å². The van der Waals surface area contributed by atoms with Crippen molar-refractivity contribution in [1.29, 1.82) is 0 Å². The van der Waals surface area contributed by atoms with Crippen LogP contribution in [-0.2, 0) is 16.1 Å². The monoisotopic (exact) mass is 544 g/mol. The second kappa shape index (κ2) is 12.3. The predicted octanol–water partition coefficient (Wildman–Crippen LogP) is 6.41. The first-order valence-corrected chi connectivity index (χ1v) is 13.9. The fourth-order valence-corrected chi connectivity index (χ4v) is 5.71. The quantitative estimate of drug-likeness (QED) is 0.167. The van der Waals surface area contributed by atoms with E-state index in [1.165, 1.54) is 11.8 Å². The first-order chi connectivity index (χ1) is 18.6. The first kappa shape index (κ1) is 26.0. The van der Waals surface area contributed by atoms with Crippen molar-refractivity contribution in [3.63, 3.8) is 0 Å². The lowest BCUT2D eigenvalue weighted by molar-refractivity contribution is -0.122. The van der Waals surface area contributed by atoms with Crippen LogP contribution in [0.15, 0.2) is 83.8 Å². The van der Waals surface area contributed by atoms with Crippen LogP contribution in [0.25, 0.3) is 6.08 Å². The van der Waals surface area contributed by atoms with Crippen LogP contribution in [0.3, 0.4) is 0 Å². The van der Waals surface area contributed by atoms with Gasteiger partial charge >= 0.3 is 0 Å². The first-order valence-electron chi connectivity index (χ1n) is 12.6. The van der Waals surface area contributed by atoms with Gasteiger partial charge in [-0.1, -0.05) is 85.0 Å². The maximum Gasteiger partial charge on any atom is 0.266 e. The number of hydrogen-bond acceptors (Lipinski definition) is 6. The number of unbranched alkanes of at least 4 members (excludes halogenated alkanes) is 2. The third-order valence-corrected chi connectivity index (χ3v) is 7.77. The number of para-hydroxylation sites is 1. The molecule has 0 N–H and O–H groups in total. The lowest BCUT2D eigenvalue weighted by Gasteiger charge is -2.23. The number of benzene rings is 3. The van der Waals surface area contributed by atoms with Gasteiger partial charge in [0.15, 0.2) is 11.5 Å². The highest BCUT2D eigenvalue weighted by atomic mass is 32.2. The molecule has 194 valence electrons. The minimum atomic E-state index is -0.0770. The number of anilines is 1. The predicted molar refractivity (Wildman–Crippen MR) is 155 cm³/mol. The summed E-state index contributed by atoms with van der Waals surface area (Å²) in [5, 5.41) is 0. The van der Waals surface area contributed by atoms with Crippen LogP contribution in [0.4, 0.5) is 5.69 Å². The normalized spacial score (nSPS) is 15.4. The van der Waals surface area contributed by atoms with Crippen LogP contribution >= 0.6 is 24.0 Å². The van der Waals surface area contributed by atoms with Gasteiger partial charge in [0.1, 0.15) is 4.32 Å². The van der Waals surface area contributed by atoms with Crippen LogP contribution in [0.2, 0.25) is 0 Å². The molecule has 0 radical (unpaired) electrons. The van der Waals surface area contributed by atoms with E-state index in [1.807, 2.05) is 89.8 Å². The van der Waals surface area contributed by atoms with Gasteiger partial charge < -0.3 is 14.4 Å². The van der Waals surface area contributed by atoms with E-state index in [0.717, 1.165) is 36.1 Å². The molecule has 2 aliphatic heterocycles. The molecule has 0 saturated carbocycles. The number of hydrogen-bond donors (Lipinski definition) is 0. The maximum atomic E-state index is 13.2. The van der Waals surface area contributed by atoms with E-state index in [4.69, 9.17) is 21.7 Å². The van der Waals surface area contributed by atoms with E-state index in [-0.39, 0.29) is 18.6 Å². The third-order valence-electron chi connectivity index (χ3n) is 6.39. The van der Waals surface area contributed by atoms with Crippen LogP contribution in [0.1, 0.15) is 36.8 Å². The highest BCUT2D eigenvalue weighted by molar-refractivity contribution is 8.26. The molecular formula is C30H28N2O4S2. The molecule has 8 heteroatoms. The molecule has 6 nitrogen and oxygen atoms in total. The summed E-state index contributed by atoms with van der Waals surface area (Å²) in [7, 11) is 0. The van der Waals surface area contributed by atoms with Crippen LogP contribution in [0, 0.1) is 0 Å². The zero-order valence-corrected chi connectivity index (χ0v) is 22.5. The fourth-order valence-electron chi connectivity index (χ4n) is 4.40. The number of thiocarbonyl (C=S) groups is 1. The molecule has 38 heavy (non-hydrogen) atoms. The summed E-state index contributed by atoms with van der Waals surface area (Å²) in [5.74, 6) is 1.41. The molecule has 1 fully saturated rings. The zero-order chi connectivity index (χ0) is 26.3. The molecule has 0 unspecified atom stereocenters. The molecule has 0 atom stereocenters. The van der Waals surface area contributed by atoms with Gasteiger partial charge in [0.2, 0.25) is 12.7 Å². The van der Waals surface area contributed by atoms with Gasteiger partial charge in [-0.25, -0.2) is 0 Å². The highest BCUT2D eigenvalue weighted by Gasteiger charge is 2.31. The second-order valence-corrected chi connectivity index (χ2v) is 10.7. The number of rotatable bonds is 10. The van der Waals surface area contributed by atoms with Crippen molar-refractivity contribution in [2.45, 2.75) is 32.2 Å². The number of ether oxygens (including phenoxy) is 2. The average Bonchev–Trinajstić information content (AvgIpc) is 3.51. The lowest BCUT2D eigenvalue weighted by Crippen LogP contribution is -2.30. The Morgan fingerprint density at radius 2 is 1.68 bits per heavy atom. The Morgan fingerprint density at radius 3 is 2.47 bits per heavy atom. The van der Waals surface area contributed by atoms with E-state index >= 15 is 0 Å². The van der Waals surface area contributed by atoms with Crippen molar-refractivity contribution >= 4 is 51.9 Å². The van der Waals surface area contributed by atoms with Gasteiger partial charge in [-0.05, 0) is 54.3 Å². The molecule has 0 spiro atoms. The van der Waals surface area contributed by atoms with Crippen LogP contribution < -0.4 is 14.4 Å². The maximum absolute atomic E-state index is 13.2. The molecule has 0 aromatic heterocycles. The Labute approximate surface area is 232 Å². The summed E-state index contributed by atoms with van der Waals surface area (Å²) < 4.78 is 11.3. The summed E-state index contributed by atoms with van der Waals surface area (Å²) in [4.78, 5) is 30.3. The SMILES string of the molecule is O=C1/C(=C/c2ccc3c(c2)OCO3)SC(=S)N1CCCCCC(=O)N(Cc1ccccc1)c1ccccc1. The molecular weight excluding hydrogens is 516 g/mol. The van der Waals surface area contributed by atoms with E-state index in [1.54, 1.807) is 4.90 Å². The Bertz CT molecular complexity index is 1340. The molecule has 3 aromatic rings. The number of thioether (sulfide) groups is 1. The highest BCUT2D eigenvalue weighted by Crippen LogP contribution is 2.36. The Hall–Kier alpha value is -3.62. The second-order valence-electron chi connectivity index (χ2n) is 9.06. The van der Waals surface area contributed by atoms with E-state index in [9.17, 15) is 9.59 Å². The summed E-state index contributed by atoms with van der Waals surface area (Å²) in [6.07, 6.45) is 4.65. The topological polar surface area (TPSA) is 59.1 Å². The molecule has 0 aliphatic carbocycles. The number of carbonyl (C=O) groups is 2. The van der Waals surface area contributed by atoms with Crippen molar-refractivity contribution < 1.29 is 19.1 Å². The van der Waals surface area contributed by atoms with Crippen molar-refractivity contribution in [2.75, 3.05) is 18.2 Å². The van der Waals surface area contributed by atoms with E-state index < -0.39 is 0 Å². The van der Waals surface area contributed by atoms with E-state index in [0.29, 0.717) is 40.2 Å². The Morgan fingerprint density at radius 1 is 0.947 bits per heavy atom. The van der Waals surface area contributed by atoms with Crippen molar-refractivity contribution in [2.24, 2.45) is 0 Å². The molecule has 3 aromatic carbocycles. The molecule has 2 amide bonds. The number of amides is 2. The lowest BCUT2D eigenvalue weighted by atomic mass is 10.1. The minimum absolute atomic E-state index is 0.0770. The van der Waals surface area contributed by atoms with Gasteiger partial charge in [-0.3, -0.25) is 14.5 Å². The van der Waals surface area contributed by atoms with E-state index in [2.05, 4.69) is 0 Å². The van der Waals surface area contributed by atoms with Crippen molar-refractivity contribution in [3.05, 3.63) is 94.9 Å². The molecule has 5 rings (SSSR count). The molecule has 1 saturated heterocycles. The smallest absolute Gasteiger partial charge is 0.266 e. The molecule has 2 aliphatic rings. The minimum Gasteiger partial charge on any atom is -0.454 e. The molecule has 2 heterocycles. The zero-order valence-electron chi connectivity index (χ0n) is 20.9. The Balaban J connectivity index is 1.12.